The van der Waals surface area contributed by atoms with Gasteiger partial charge in [-0.15, -0.1) is 0 Å². The van der Waals surface area contributed by atoms with Gasteiger partial charge in [0.25, 0.3) is 0 Å². The molecule has 0 atom stereocenters. The van der Waals surface area contributed by atoms with Gasteiger partial charge in [-0.25, -0.2) is 13.2 Å². The van der Waals surface area contributed by atoms with Crippen molar-refractivity contribution in [3.63, 3.8) is 0 Å². The summed E-state index contributed by atoms with van der Waals surface area (Å²) in [6.07, 6.45) is 5.22. The number of nitrogens with one attached hydrogen (secondary N) is 1. The molecule has 0 radical (unpaired) electrons. The summed E-state index contributed by atoms with van der Waals surface area (Å²) in [5.74, 6) is 0.0444. The number of rotatable bonds is 7. The lowest BCUT2D eigenvalue weighted by molar-refractivity contribution is 0.143. The van der Waals surface area contributed by atoms with Crippen molar-refractivity contribution in [2.24, 2.45) is 0 Å². The molecule has 1 N–H and O–H groups in total. The van der Waals surface area contributed by atoms with E-state index in [4.69, 9.17) is 4.74 Å². The number of benzene rings is 3. The van der Waals surface area contributed by atoms with Crippen LogP contribution in [0.15, 0.2) is 83.8 Å². The van der Waals surface area contributed by atoms with E-state index in [0.717, 1.165) is 5.56 Å². The molecule has 0 bridgehead atoms. The number of hydrogen-bond donors (Lipinski definition) is 1. The average Bonchev–Trinajstić information content (AvgIpc) is 3.11. The zero-order valence-electron chi connectivity index (χ0n) is 17.8. The summed E-state index contributed by atoms with van der Waals surface area (Å²) in [5, 5.41) is 2.78. The number of sulfone groups is 1. The smallest absolute Gasteiger partial charge is 0.407 e. The first-order chi connectivity index (χ1) is 15.4. The van der Waals surface area contributed by atoms with Crippen LogP contribution in [0, 0.1) is 0 Å². The van der Waals surface area contributed by atoms with Gasteiger partial charge in [0, 0.05) is 18.7 Å². The van der Waals surface area contributed by atoms with Crippen molar-refractivity contribution in [3.8, 4) is 11.1 Å². The lowest BCUT2D eigenvalue weighted by Crippen LogP contribution is -2.26. The van der Waals surface area contributed by atoms with E-state index >= 15 is 0 Å². The van der Waals surface area contributed by atoms with Gasteiger partial charge in [0.15, 0.2) is 9.84 Å². The number of carbonyl (C=O) groups is 1. The summed E-state index contributed by atoms with van der Waals surface area (Å²) in [6.45, 7) is 0.747. The molecule has 0 aliphatic heterocycles. The summed E-state index contributed by atoms with van der Waals surface area (Å²) < 4.78 is 28.5. The molecule has 5 nitrogen and oxygen atoms in total. The predicted molar refractivity (Wildman–Crippen MR) is 126 cm³/mol. The maximum atomic E-state index is 12.2. The Bertz CT molecular complexity index is 1200. The fourth-order valence-corrected chi connectivity index (χ4v) is 4.58. The topological polar surface area (TPSA) is 72.5 Å². The van der Waals surface area contributed by atoms with Crippen molar-refractivity contribution >= 4 is 22.0 Å². The van der Waals surface area contributed by atoms with Gasteiger partial charge in [-0.05, 0) is 46.4 Å². The molecule has 0 fully saturated rings. The Kier molecular flexibility index (Phi) is 6.42. The molecule has 0 aromatic heterocycles. The summed E-state index contributed by atoms with van der Waals surface area (Å²) in [4.78, 5) is 12.5. The van der Waals surface area contributed by atoms with Gasteiger partial charge in [0.1, 0.15) is 6.61 Å². The third kappa shape index (κ3) is 4.92. The molecule has 0 saturated carbocycles. The van der Waals surface area contributed by atoms with Crippen LogP contribution in [0.2, 0.25) is 0 Å². The predicted octanol–water partition coefficient (Wildman–Crippen LogP) is 5.03. The fourth-order valence-electron chi connectivity index (χ4n) is 3.95. The normalized spacial score (nSPS) is 13.0. The van der Waals surface area contributed by atoms with Crippen LogP contribution in [0.4, 0.5) is 4.79 Å². The van der Waals surface area contributed by atoms with Crippen LogP contribution in [-0.4, -0.2) is 33.9 Å². The molecular formula is C26H25NO4S. The van der Waals surface area contributed by atoms with E-state index < -0.39 is 15.9 Å². The molecule has 3 aromatic rings. The van der Waals surface area contributed by atoms with E-state index in [1.54, 1.807) is 24.3 Å². The average molecular weight is 448 g/mol. The lowest BCUT2D eigenvalue weighted by atomic mass is 9.98. The molecule has 0 saturated heterocycles. The molecule has 0 heterocycles. The highest BCUT2D eigenvalue weighted by atomic mass is 32.2. The highest BCUT2D eigenvalue weighted by molar-refractivity contribution is 7.90. The van der Waals surface area contributed by atoms with Crippen LogP contribution in [-0.2, 0) is 14.6 Å². The Labute approximate surface area is 188 Å². The molecule has 1 amide bonds. The SMILES string of the molecule is CS(=O)(=O)c1ccc(C=CCCNC(=O)OCC2c3ccccc3-c3ccccc32)cc1. The number of hydrogen-bond acceptors (Lipinski definition) is 4. The number of ether oxygens (including phenoxy) is 1. The molecule has 1 aliphatic rings. The summed E-state index contributed by atoms with van der Waals surface area (Å²) in [7, 11) is -3.19. The fraction of sp³-hybridized carbons (Fsp3) is 0.192. The van der Waals surface area contributed by atoms with Gasteiger partial charge in [-0.3, -0.25) is 0 Å². The zero-order valence-corrected chi connectivity index (χ0v) is 18.6. The molecular weight excluding hydrogens is 422 g/mol. The van der Waals surface area contributed by atoms with Crippen molar-refractivity contribution in [2.45, 2.75) is 17.2 Å². The van der Waals surface area contributed by atoms with E-state index in [2.05, 4.69) is 29.6 Å². The van der Waals surface area contributed by atoms with Crippen molar-refractivity contribution in [1.29, 1.82) is 0 Å². The van der Waals surface area contributed by atoms with Crippen LogP contribution in [0.5, 0.6) is 0 Å². The monoisotopic (exact) mass is 447 g/mol. The van der Waals surface area contributed by atoms with E-state index in [0.29, 0.717) is 24.5 Å². The second-order valence-electron chi connectivity index (χ2n) is 7.78. The minimum absolute atomic E-state index is 0.0444. The maximum absolute atomic E-state index is 12.2. The summed E-state index contributed by atoms with van der Waals surface area (Å²) >= 11 is 0. The van der Waals surface area contributed by atoms with Gasteiger partial charge in [0.2, 0.25) is 0 Å². The molecule has 164 valence electrons. The zero-order chi connectivity index (χ0) is 22.6. The van der Waals surface area contributed by atoms with E-state index in [1.165, 1.54) is 28.5 Å². The Balaban J connectivity index is 1.25. The second kappa shape index (κ2) is 9.40. The van der Waals surface area contributed by atoms with Gasteiger partial charge in [0.05, 0.1) is 4.90 Å². The molecule has 0 unspecified atom stereocenters. The molecule has 0 spiro atoms. The van der Waals surface area contributed by atoms with Crippen LogP contribution < -0.4 is 5.32 Å². The second-order valence-corrected chi connectivity index (χ2v) is 9.80. The minimum atomic E-state index is -3.19. The quantitative estimate of drug-likeness (QED) is 0.516. The summed E-state index contributed by atoms with van der Waals surface area (Å²) in [5.41, 5.74) is 5.68. The third-order valence-electron chi connectivity index (χ3n) is 5.54. The standard InChI is InChI=1S/C26H25NO4S/c1-32(29,30)20-15-13-19(14-16-20)8-6-7-17-27-26(28)31-18-25-23-11-4-2-9-21(23)22-10-3-5-12-24(22)25/h2-6,8-16,25H,7,17-18H2,1H3,(H,27,28). The molecule has 6 heteroatoms. The first-order valence-corrected chi connectivity index (χ1v) is 12.4. The number of alkyl carbamates (subject to hydrolysis) is 1. The van der Waals surface area contributed by atoms with E-state index in [1.807, 2.05) is 36.4 Å². The Hall–Kier alpha value is -3.38. The highest BCUT2D eigenvalue weighted by Crippen LogP contribution is 2.44. The third-order valence-corrected chi connectivity index (χ3v) is 6.67. The molecule has 1 aliphatic carbocycles. The highest BCUT2D eigenvalue weighted by Gasteiger charge is 2.28. The van der Waals surface area contributed by atoms with E-state index in [-0.39, 0.29) is 5.92 Å². The van der Waals surface area contributed by atoms with Gasteiger partial charge in [-0.1, -0.05) is 72.8 Å². The maximum Gasteiger partial charge on any atom is 0.407 e. The van der Waals surface area contributed by atoms with Crippen molar-refractivity contribution in [1.82, 2.24) is 5.32 Å². The molecule has 32 heavy (non-hydrogen) atoms. The Morgan fingerprint density at radius 3 is 2.12 bits per heavy atom. The van der Waals surface area contributed by atoms with Crippen molar-refractivity contribution < 1.29 is 17.9 Å². The lowest BCUT2D eigenvalue weighted by Gasteiger charge is -2.14. The largest absolute Gasteiger partial charge is 0.449 e. The van der Waals surface area contributed by atoms with Gasteiger partial charge < -0.3 is 10.1 Å². The van der Waals surface area contributed by atoms with Crippen LogP contribution in [0.1, 0.15) is 29.0 Å². The molecule has 3 aromatic carbocycles. The van der Waals surface area contributed by atoms with E-state index in [9.17, 15) is 13.2 Å². The number of fused-ring (bicyclic) bond motifs is 3. The van der Waals surface area contributed by atoms with Crippen LogP contribution in [0.25, 0.3) is 17.2 Å². The van der Waals surface area contributed by atoms with Gasteiger partial charge in [-0.2, -0.15) is 0 Å². The minimum Gasteiger partial charge on any atom is -0.449 e. The Morgan fingerprint density at radius 2 is 1.53 bits per heavy atom. The molecule has 4 rings (SSSR count). The first kappa shape index (κ1) is 21.8. The number of carbonyl (C=O) groups excluding carboxylic acids is 1. The summed E-state index contributed by atoms with van der Waals surface area (Å²) in [6, 6.07) is 23.2. The number of amides is 1. The van der Waals surface area contributed by atoms with Crippen LogP contribution in [0.3, 0.4) is 0 Å². The van der Waals surface area contributed by atoms with Gasteiger partial charge >= 0.3 is 6.09 Å². The Morgan fingerprint density at radius 1 is 0.938 bits per heavy atom. The van der Waals surface area contributed by atoms with Crippen molar-refractivity contribution in [3.05, 3.63) is 95.6 Å². The van der Waals surface area contributed by atoms with Crippen molar-refractivity contribution in [2.75, 3.05) is 19.4 Å². The van der Waals surface area contributed by atoms with Crippen LogP contribution >= 0.6 is 0 Å². The first-order valence-electron chi connectivity index (χ1n) is 10.5.